The quantitative estimate of drug-likeness (QED) is 0.724. The third kappa shape index (κ3) is 3.35. The minimum absolute atomic E-state index is 0. The largest absolute Gasteiger partial charge is 0.351 e. The summed E-state index contributed by atoms with van der Waals surface area (Å²) in [6.07, 6.45) is 0.392. The van der Waals surface area contributed by atoms with Crippen LogP contribution in [0.2, 0.25) is 0 Å². The van der Waals surface area contributed by atoms with Crippen molar-refractivity contribution in [3.8, 4) is 0 Å². The minimum atomic E-state index is -0.565. The van der Waals surface area contributed by atoms with E-state index in [0.717, 1.165) is 0 Å². The van der Waals surface area contributed by atoms with Crippen LogP contribution in [0, 0.1) is 5.41 Å². The number of amides is 2. The molecule has 1 atom stereocenters. The number of carbonyl (C=O) groups is 2. The van der Waals surface area contributed by atoms with Crippen LogP contribution < -0.4 is 11.1 Å². The molecule has 1 fully saturated rings. The van der Waals surface area contributed by atoms with E-state index in [1.165, 1.54) is 0 Å². The van der Waals surface area contributed by atoms with Crippen molar-refractivity contribution in [1.82, 2.24) is 10.2 Å². The summed E-state index contributed by atoms with van der Waals surface area (Å²) >= 11 is 0. The zero-order valence-electron chi connectivity index (χ0n) is 9.95. The van der Waals surface area contributed by atoms with Crippen LogP contribution in [-0.2, 0) is 9.59 Å². The molecule has 0 bridgehead atoms. The third-order valence-electron chi connectivity index (χ3n) is 2.80. The van der Waals surface area contributed by atoms with Crippen molar-refractivity contribution in [3.05, 3.63) is 0 Å². The number of halogens is 1. The maximum Gasteiger partial charge on any atom is 0.227 e. The minimum Gasteiger partial charge on any atom is -0.351 e. The fraction of sp³-hybridized carbons (Fsp3) is 0.800. The van der Waals surface area contributed by atoms with Gasteiger partial charge in [0.1, 0.15) is 0 Å². The molecule has 6 heteroatoms. The molecular weight excluding hydrogens is 230 g/mol. The lowest BCUT2D eigenvalue weighted by molar-refractivity contribution is -0.129. The van der Waals surface area contributed by atoms with Crippen LogP contribution in [0.5, 0.6) is 0 Å². The Morgan fingerprint density at radius 3 is 2.56 bits per heavy atom. The monoisotopic (exact) mass is 249 g/mol. The van der Waals surface area contributed by atoms with Gasteiger partial charge in [-0.05, 0) is 13.8 Å². The maximum absolute atomic E-state index is 11.7. The lowest BCUT2D eigenvalue weighted by atomic mass is 9.92. The molecule has 1 unspecified atom stereocenters. The fourth-order valence-electron chi connectivity index (χ4n) is 1.43. The number of likely N-dealkylation sites (tertiary alicyclic amines) is 1. The first kappa shape index (κ1) is 15.2. The first-order valence-electron chi connectivity index (χ1n) is 5.12. The number of rotatable bonds is 3. The van der Waals surface area contributed by atoms with Gasteiger partial charge < -0.3 is 16.0 Å². The highest BCUT2D eigenvalue weighted by Crippen LogP contribution is 2.15. The van der Waals surface area contributed by atoms with Crippen LogP contribution in [0.25, 0.3) is 0 Å². The average Bonchev–Trinajstić information content (AvgIpc) is 2.46. The van der Waals surface area contributed by atoms with Gasteiger partial charge in [-0.15, -0.1) is 12.4 Å². The highest BCUT2D eigenvalue weighted by atomic mass is 35.5. The van der Waals surface area contributed by atoms with Gasteiger partial charge in [0.05, 0.1) is 11.5 Å². The van der Waals surface area contributed by atoms with Crippen LogP contribution in [-0.4, -0.2) is 42.9 Å². The maximum atomic E-state index is 11.7. The van der Waals surface area contributed by atoms with Crippen molar-refractivity contribution in [2.45, 2.75) is 26.3 Å². The molecule has 0 spiro atoms. The Kier molecular flexibility index (Phi) is 5.22. The molecule has 0 aromatic rings. The first-order valence-corrected chi connectivity index (χ1v) is 5.12. The van der Waals surface area contributed by atoms with E-state index in [-0.39, 0.29) is 30.3 Å². The molecule has 0 saturated carbocycles. The van der Waals surface area contributed by atoms with Gasteiger partial charge in [-0.2, -0.15) is 0 Å². The van der Waals surface area contributed by atoms with Crippen LogP contribution in [0.15, 0.2) is 0 Å². The molecule has 1 aliphatic rings. The molecule has 5 nitrogen and oxygen atoms in total. The molecule has 0 aromatic heterocycles. The van der Waals surface area contributed by atoms with Gasteiger partial charge in [-0.3, -0.25) is 9.59 Å². The fourth-order valence-corrected chi connectivity index (χ4v) is 1.43. The van der Waals surface area contributed by atoms with Crippen molar-refractivity contribution >= 4 is 24.2 Å². The van der Waals surface area contributed by atoms with Crippen molar-refractivity contribution < 1.29 is 9.59 Å². The SMILES string of the molecule is CN1CC(NC(=O)C(C)(C)CN)CC1=O.Cl. The Bertz CT molecular complexity index is 281. The molecular formula is C10H20ClN3O2. The van der Waals surface area contributed by atoms with Crippen LogP contribution in [0.3, 0.4) is 0 Å². The van der Waals surface area contributed by atoms with Gasteiger partial charge in [0.2, 0.25) is 11.8 Å². The molecule has 0 radical (unpaired) electrons. The van der Waals surface area contributed by atoms with Crippen molar-refractivity contribution in [2.24, 2.45) is 11.1 Å². The van der Waals surface area contributed by atoms with Gasteiger partial charge in [0.25, 0.3) is 0 Å². The molecule has 0 aromatic carbocycles. The standard InChI is InChI=1S/C10H19N3O2.ClH/c1-10(2,6-11)9(15)12-7-4-8(14)13(3)5-7;/h7H,4-6,11H2,1-3H3,(H,12,15);1H. The average molecular weight is 250 g/mol. The summed E-state index contributed by atoms with van der Waals surface area (Å²) in [7, 11) is 1.74. The molecule has 0 aliphatic carbocycles. The van der Waals surface area contributed by atoms with Crippen LogP contribution >= 0.6 is 12.4 Å². The Labute approximate surface area is 102 Å². The Balaban J connectivity index is 0.00000225. The Hall–Kier alpha value is -0.810. The van der Waals surface area contributed by atoms with E-state index < -0.39 is 5.41 Å². The summed E-state index contributed by atoms with van der Waals surface area (Å²) in [5.74, 6) is -0.0102. The van der Waals surface area contributed by atoms with Crippen molar-refractivity contribution in [2.75, 3.05) is 20.1 Å². The summed E-state index contributed by atoms with van der Waals surface area (Å²) in [6, 6.07) is -0.0687. The molecule has 1 rings (SSSR count). The van der Waals surface area contributed by atoms with E-state index in [4.69, 9.17) is 5.73 Å². The predicted molar refractivity (Wildman–Crippen MR) is 64.3 cm³/mol. The Morgan fingerprint density at radius 2 is 2.19 bits per heavy atom. The second-order valence-electron chi connectivity index (χ2n) is 4.74. The number of nitrogens with zero attached hydrogens (tertiary/aromatic N) is 1. The van der Waals surface area contributed by atoms with E-state index >= 15 is 0 Å². The normalized spacial score (nSPS) is 20.6. The molecule has 3 N–H and O–H groups in total. The second kappa shape index (κ2) is 5.50. The summed E-state index contributed by atoms with van der Waals surface area (Å²) in [6.45, 7) is 4.48. The predicted octanol–water partition coefficient (Wildman–Crippen LogP) is -0.260. The van der Waals surface area contributed by atoms with E-state index in [1.54, 1.807) is 25.8 Å². The molecule has 94 valence electrons. The number of carbonyl (C=O) groups excluding carboxylic acids is 2. The smallest absolute Gasteiger partial charge is 0.227 e. The zero-order valence-corrected chi connectivity index (χ0v) is 10.8. The highest BCUT2D eigenvalue weighted by Gasteiger charge is 2.32. The molecule has 1 saturated heterocycles. The van der Waals surface area contributed by atoms with Gasteiger partial charge in [0, 0.05) is 26.6 Å². The number of nitrogens with two attached hydrogens (primary N) is 1. The van der Waals surface area contributed by atoms with E-state index in [9.17, 15) is 9.59 Å². The van der Waals surface area contributed by atoms with Crippen molar-refractivity contribution in [3.63, 3.8) is 0 Å². The summed E-state index contributed by atoms with van der Waals surface area (Å²) in [5, 5.41) is 2.85. The highest BCUT2D eigenvalue weighted by molar-refractivity contribution is 5.85. The molecule has 1 heterocycles. The van der Waals surface area contributed by atoms with Crippen LogP contribution in [0.1, 0.15) is 20.3 Å². The summed E-state index contributed by atoms with van der Waals surface area (Å²) in [4.78, 5) is 24.6. The summed E-state index contributed by atoms with van der Waals surface area (Å²) < 4.78 is 0. The van der Waals surface area contributed by atoms with Gasteiger partial charge in [-0.25, -0.2) is 0 Å². The van der Waals surface area contributed by atoms with E-state index in [2.05, 4.69) is 5.32 Å². The molecule has 16 heavy (non-hydrogen) atoms. The van der Waals surface area contributed by atoms with Gasteiger partial charge in [-0.1, -0.05) is 0 Å². The lowest BCUT2D eigenvalue weighted by Gasteiger charge is -2.23. The topological polar surface area (TPSA) is 75.4 Å². The zero-order chi connectivity index (χ0) is 11.6. The van der Waals surface area contributed by atoms with E-state index in [0.29, 0.717) is 19.5 Å². The van der Waals surface area contributed by atoms with Gasteiger partial charge in [0.15, 0.2) is 0 Å². The second-order valence-corrected chi connectivity index (χ2v) is 4.74. The van der Waals surface area contributed by atoms with Crippen LogP contribution in [0.4, 0.5) is 0 Å². The number of hydrogen-bond donors (Lipinski definition) is 2. The van der Waals surface area contributed by atoms with Crippen molar-refractivity contribution in [1.29, 1.82) is 0 Å². The summed E-state index contributed by atoms with van der Waals surface area (Å²) in [5.41, 5.74) is 4.93. The van der Waals surface area contributed by atoms with E-state index in [1.807, 2.05) is 0 Å². The first-order chi connectivity index (χ1) is 6.86. The molecule has 1 aliphatic heterocycles. The number of likely N-dealkylation sites (N-methyl/N-ethyl adjacent to an activating group) is 1. The number of nitrogens with one attached hydrogen (secondary N) is 1. The Morgan fingerprint density at radius 1 is 1.62 bits per heavy atom. The van der Waals surface area contributed by atoms with Gasteiger partial charge >= 0.3 is 0 Å². The molecule has 2 amide bonds. The lowest BCUT2D eigenvalue weighted by Crippen LogP contribution is -2.46. The third-order valence-corrected chi connectivity index (χ3v) is 2.80. The number of hydrogen-bond acceptors (Lipinski definition) is 3.